The van der Waals surface area contributed by atoms with E-state index < -0.39 is 0 Å². The van der Waals surface area contributed by atoms with Crippen molar-refractivity contribution in [3.63, 3.8) is 0 Å². The Morgan fingerprint density at radius 3 is 2.52 bits per heavy atom. The van der Waals surface area contributed by atoms with Gasteiger partial charge in [0.1, 0.15) is 23.4 Å². The van der Waals surface area contributed by atoms with Crippen LogP contribution in [0, 0.1) is 5.82 Å². The molecule has 172 valence electrons. The largest absolute Gasteiger partial charge is 0.490 e. The number of benzene rings is 1. The number of hydrogen-bond acceptors (Lipinski definition) is 6. The number of aryl methyl sites for hydroxylation is 1. The van der Waals surface area contributed by atoms with E-state index in [0.717, 1.165) is 54.4 Å². The number of nitrogens with zero attached hydrogens (tertiary/aromatic N) is 6. The van der Waals surface area contributed by atoms with Crippen molar-refractivity contribution in [2.24, 2.45) is 7.05 Å². The Kier molecular flexibility index (Phi) is 5.70. The SMILES string of the molecule is CC(=O)N1CCc2nc(N3CCC(Oc4ccc(F)cc4)CC3)c(-c3cnn(C)c3)nc2C1. The monoisotopic (exact) mass is 450 g/mol. The molecule has 0 saturated carbocycles. The summed E-state index contributed by atoms with van der Waals surface area (Å²) < 4.78 is 21.0. The van der Waals surface area contributed by atoms with Gasteiger partial charge in [0.2, 0.25) is 5.91 Å². The Hall–Kier alpha value is -3.49. The molecule has 2 aliphatic heterocycles. The summed E-state index contributed by atoms with van der Waals surface area (Å²) >= 11 is 0. The minimum atomic E-state index is -0.266. The van der Waals surface area contributed by atoms with Gasteiger partial charge in [0, 0.05) is 64.6 Å². The first kappa shape index (κ1) is 21.4. The van der Waals surface area contributed by atoms with Crippen LogP contribution >= 0.6 is 0 Å². The van der Waals surface area contributed by atoms with E-state index in [1.165, 1.54) is 12.1 Å². The third-order valence-electron chi connectivity index (χ3n) is 6.27. The molecule has 1 aromatic carbocycles. The van der Waals surface area contributed by atoms with Gasteiger partial charge < -0.3 is 14.5 Å². The Balaban J connectivity index is 1.38. The second-order valence-corrected chi connectivity index (χ2v) is 8.64. The van der Waals surface area contributed by atoms with Gasteiger partial charge >= 0.3 is 0 Å². The number of amides is 1. The molecule has 9 heteroatoms. The van der Waals surface area contributed by atoms with E-state index >= 15 is 0 Å². The lowest BCUT2D eigenvalue weighted by molar-refractivity contribution is -0.129. The number of carbonyl (C=O) groups excluding carboxylic acids is 1. The molecule has 1 fully saturated rings. The van der Waals surface area contributed by atoms with E-state index in [-0.39, 0.29) is 17.8 Å². The highest BCUT2D eigenvalue weighted by Crippen LogP contribution is 2.32. The van der Waals surface area contributed by atoms with E-state index in [9.17, 15) is 9.18 Å². The summed E-state index contributed by atoms with van der Waals surface area (Å²) in [6.07, 6.45) is 6.18. The lowest BCUT2D eigenvalue weighted by Gasteiger charge is -2.35. The third kappa shape index (κ3) is 4.53. The molecule has 3 aromatic rings. The van der Waals surface area contributed by atoms with Crippen molar-refractivity contribution in [1.82, 2.24) is 24.6 Å². The molecule has 4 heterocycles. The Morgan fingerprint density at radius 1 is 1.09 bits per heavy atom. The molecule has 0 radical (unpaired) electrons. The lowest BCUT2D eigenvalue weighted by Crippen LogP contribution is -2.40. The van der Waals surface area contributed by atoms with E-state index in [1.807, 2.05) is 18.1 Å². The molecule has 5 rings (SSSR count). The normalized spacial score (nSPS) is 16.6. The molecule has 0 N–H and O–H groups in total. The van der Waals surface area contributed by atoms with Crippen LogP contribution < -0.4 is 9.64 Å². The summed E-state index contributed by atoms with van der Waals surface area (Å²) in [5.41, 5.74) is 3.52. The highest BCUT2D eigenvalue weighted by molar-refractivity contribution is 5.74. The fourth-order valence-corrected chi connectivity index (χ4v) is 4.44. The fourth-order valence-electron chi connectivity index (χ4n) is 4.44. The van der Waals surface area contributed by atoms with Crippen LogP contribution in [0.5, 0.6) is 5.75 Å². The topological polar surface area (TPSA) is 76.4 Å². The van der Waals surface area contributed by atoms with Gasteiger partial charge in [0.15, 0.2) is 5.82 Å². The van der Waals surface area contributed by atoms with Crippen LogP contribution in [-0.4, -0.2) is 56.3 Å². The minimum Gasteiger partial charge on any atom is -0.490 e. The Morgan fingerprint density at radius 2 is 1.85 bits per heavy atom. The standard InChI is InChI=1S/C24H27FN6O2/c1-16(32)31-12-9-21-22(15-31)27-23(17-13-26-29(2)14-17)24(28-21)30-10-7-20(8-11-30)33-19-5-3-18(25)4-6-19/h3-6,13-14,20H,7-12,15H2,1-2H3. The molecule has 0 spiro atoms. The second-order valence-electron chi connectivity index (χ2n) is 8.64. The van der Waals surface area contributed by atoms with Crippen LogP contribution in [0.15, 0.2) is 36.7 Å². The average molecular weight is 451 g/mol. The Bertz CT molecular complexity index is 1150. The number of aromatic nitrogens is 4. The predicted octanol–water partition coefficient (Wildman–Crippen LogP) is 2.97. The summed E-state index contributed by atoms with van der Waals surface area (Å²) in [6, 6.07) is 6.17. The number of piperidine rings is 1. The summed E-state index contributed by atoms with van der Waals surface area (Å²) in [4.78, 5) is 26.0. The number of rotatable bonds is 4. The number of carbonyl (C=O) groups is 1. The van der Waals surface area contributed by atoms with Crippen LogP contribution in [-0.2, 0) is 24.8 Å². The molecule has 8 nitrogen and oxygen atoms in total. The maximum absolute atomic E-state index is 13.2. The zero-order valence-corrected chi connectivity index (χ0v) is 18.9. The summed E-state index contributed by atoms with van der Waals surface area (Å²) in [5, 5.41) is 4.32. The molecular weight excluding hydrogens is 423 g/mol. The Labute approximate surface area is 192 Å². The predicted molar refractivity (Wildman–Crippen MR) is 121 cm³/mol. The van der Waals surface area contributed by atoms with Crippen molar-refractivity contribution in [2.45, 2.75) is 38.8 Å². The van der Waals surface area contributed by atoms with Gasteiger partial charge in [-0.15, -0.1) is 0 Å². The molecule has 0 atom stereocenters. The first-order valence-electron chi connectivity index (χ1n) is 11.3. The highest BCUT2D eigenvalue weighted by atomic mass is 19.1. The molecule has 2 aromatic heterocycles. The quantitative estimate of drug-likeness (QED) is 0.608. The summed E-state index contributed by atoms with van der Waals surface area (Å²) in [7, 11) is 1.88. The average Bonchev–Trinajstić information content (AvgIpc) is 3.26. The van der Waals surface area contributed by atoms with E-state index in [0.29, 0.717) is 25.3 Å². The van der Waals surface area contributed by atoms with Crippen LogP contribution in [0.4, 0.5) is 10.2 Å². The van der Waals surface area contributed by atoms with Crippen molar-refractivity contribution in [2.75, 3.05) is 24.5 Å². The molecule has 33 heavy (non-hydrogen) atoms. The molecule has 0 aliphatic carbocycles. The van der Waals surface area contributed by atoms with Crippen molar-refractivity contribution in [1.29, 1.82) is 0 Å². The lowest BCUT2D eigenvalue weighted by atomic mass is 10.1. The molecule has 0 bridgehead atoms. The van der Waals surface area contributed by atoms with Gasteiger partial charge in [-0.3, -0.25) is 9.48 Å². The number of anilines is 1. The zero-order valence-electron chi connectivity index (χ0n) is 18.9. The zero-order chi connectivity index (χ0) is 22.9. The van der Waals surface area contributed by atoms with Crippen LogP contribution in [0.2, 0.25) is 0 Å². The van der Waals surface area contributed by atoms with Crippen molar-refractivity contribution in [3.8, 4) is 17.0 Å². The maximum atomic E-state index is 13.2. The van der Waals surface area contributed by atoms with Crippen LogP contribution in [0.25, 0.3) is 11.3 Å². The summed E-state index contributed by atoms with van der Waals surface area (Å²) in [6.45, 7) is 4.31. The summed E-state index contributed by atoms with van der Waals surface area (Å²) in [5.74, 6) is 1.34. The molecule has 1 amide bonds. The van der Waals surface area contributed by atoms with Crippen LogP contribution in [0.1, 0.15) is 31.2 Å². The molecular formula is C24H27FN6O2. The number of hydrogen-bond donors (Lipinski definition) is 0. The first-order chi connectivity index (χ1) is 16.0. The smallest absolute Gasteiger partial charge is 0.219 e. The number of halogens is 1. The number of fused-ring (bicyclic) bond motifs is 1. The second kappa shape index (κ2) is 8.80. The first-order valence-corrected chi connectivity index (χ1v) is 11.3. The minimum absolute atomic E-state index is 0.0534. The van der Waals surface area contributed by atoms with E-state index in [1.54, 1.807) is 29.9 Å². The van der Waals surface area contributed by atoms with E-state index in [4.69, 9.17) is 14.7 Å². The van der Waals surface area contributed by atoms with Gasteiger partial charge in [-0.1, -0.05) is 0 Å². The van der Waals surface area contributed by atoms with Gasteiger partial charge in [0.25, 0.3) is 0 Å². The van der Waals surface area contributed by atoms with E-state index in [2.05, 4.69) is 10.00 Å². The van der Waals surface area contributed by atoms with Crippen LogP contribution in [0.3, 0.4) is 0 Å². The van der Waals surface area contributed by atoms with Crippen molar-refractivity contribution < 1.29 is 13.9 Å². The molecule has 1 saturated heterocycles. The third-order valence-corrected chi connectivity index (χ3v) is 6.27. The van der Waals surface area contributed by atoms with Gasteiger partial charge in [-0.2, -0.15) is 5.10 Å². The van der Waals surface area contributed by atoms with Gasteiger partial charge in [0.05, 0.1) is 24.1 Å². The molecule has 2 aliphatic rings. The maximum Gasteiger partial charge on any atom is 0.219 e. The highest BCUT2D eigenvalue weighted by Gasteiger charge is 2.28. The van der Waals surface area contributed by atoms with Crippen molar-refractivity contribution >= 4 is 11.7 Å². The van der Waals surface area contributed by atoms with Crippen molar-refractivity contribution in [3.05, 3.63) is 53.9 Å². The number of ether oxygens (including phenoxy) is 1. The molecule has 0 unspecified atom stereocenters. The van der Waals surface area contributed by atoms with Gasteiger partial charge in [-0.05, 0) is 24.3 Å². The fraction of sp³-hybridized carbons (Fsp3) is 0.417. The van der Waals surface area contributed by atoms with Gasteiger partial charge in [-0.25, -0.2) is 14.4 Å².